The van der Waals surface area contributed by atoms with Crippen LogP contribution in [0.25, 0.3) is 82.8 Å². The Kier molecular flexibility index (Phi) is 7.58. The Morgan fingerprint density at radius 2 is 0.933 bits per heavy atom. The van der Waals surface area contributed by atoms with Gasteiger partial charge in [-0.05, 0) is 117 Å². The van der Waals surface area contributed by atoms with Crippen LogP contribution in [0.5, 0.6) is 0 Å². The molecule has 1 aliphatic carbocycles. The smallest absolute Gasteiger partial charge is 0.137 e. The summed E-state index contributed by atoms with van der Waals surface area (Å²) in [7, 11) is 0. The van der Waals surface area contributed by atoms with Crippen LogP contribution in [-0.4, -0.2) is 4.57 Å². The van der Waals surface area contributed by atoms with E-state index in [4.69, 9.17) is 4.42 Å². The SMILES string of the molecule is CC1(C)c2cc(-c3ccccc3)ccc2-c2ccc(N(c3ccc(-c4ccccc4)cc3)c3ccc(-n4c5ccccc5c5cc6c(cc54)oc4ccccc46)cc3)cc21. The van der Waals surface area contributed by atoms with Crippen molar-refractivity contribution in [3.63, 3.8) is 0 Å². The topological polar surface area (TPSA) is 21.3 Å². The molecule has 0 radical (unpaired) electrons. The number of nitrogens with zero attached hydrogens (tertiary/aromatic N) is 2. The lowest BCUT2D eigenvalue weighted by atomic mass is 9.81. The van der Waals surface area contributed by atoms with E-state index in [0.717, 1.165) is 50.2 Å². The van der Waals surface area contributed by atoms with Crippen LogP contribution >= 0.6 is 0 Å². The average molecular weight is 769 g/mol. The van der Waals surface area contributed by atoms with Crippen molar-refractivity contribution in [1.82, 2.24) is 4.57 Å². The number of hydrogen-bond donors (Lipinski definition) is 0. The lowest BCUT2D eigenvalue weighted by molar-refractivity contribution is 0.660. The highest BCUT2D eigenvalue weighted by molar-refractivity contribution is 6.17. The molecule has 0 spiro atoms. The van der Waals surface area contributed by atoms with E-state index in [1.54, 1.807) is 0 Å². The molecule has 2 heterocycles. The number of fused-ring (bicyclic) bond motifs is 9. The quantitative estimate of drug-likeness (QED) is 0.168. The maximum Gasteiger partial charge on any atom is 0.137 e. The summed E-state index contributed by atoms with van der Waals surface area (Å²) in [5, 5.41) is 4.72. The Balaban J connectivity index is 0.987. The first-order valence-corrected chi connectivity index (χ1v) is 20.7. The van der Waals surface area contributed by atoms with Gasteiger partial charge in [0.1, 0.15) is 11.2 Å². The molecule has 12 rings (SSSR count). The predicted molar refractivity (Wildman–Crippen MR) is 251 cm³/mol. The first kappa shape index (κ1) is 34.4. The third-order valence-corrected chi connectivity index (χ3v) is 12.8. The zero-order valence-electron chi connectivity index (χ0n) is 33.4. The van der Waals surface area contributed by atoms with Gasteiger partial charge in [0.05, 0.1) is 11.0 Å². The molecule has 60 heavy (non-hydrogen) atoms. The molecule has 0 fully saturated rings. The van der Waals surface area contributed by atoms with Crippen molar-refractivity contribution in [1.29, 1.82) is 0 Å². The third-order valence-electron chi connectivity index (χ3n) is 12.8. The van der Waals surface area contributed by atoms with Crippen LogP contribution in [0.2, 0.25) is 0 Å². The van der Waals surface area contributed by atoms with Crippen LogP contribution in [0.15, 0.2) is 211 Å². The molecule has 0 saturated heterocycles. The molecule has 0 atom stereocenters. The summed E-state index contributed by atoms with van der Waals surface area (Å²) in [6.45, 7) is 4.74. The van der Waals surface area contributed by atoms with E-state index in [1.807, 2.05) is 6.07 Å². The van der Waals surface area contributed by atoms with Crippen LogP contribution in [0.3, 0.4) is 0 Å². The van der Waals surface area contributed by atoms with Gasteiger partial charge < -0.3 is 13.9 Å². The van der Waals surface area contributed by atoms with Crippen molar-refractivity contribution in [3.8, 4) is 39.1 Å². The van der Waals surface area contributed by atoms with Crippen molar-refractivity contribution in [2.45, 2.75) is 19.3 Å². The molecular formula is C57H40N2O. The highest BCUT2D eigenvalue weighted by atomic mass is 16.3. The van der Waals surface area contributed by atoms with Gasteiger partial charge in [-0.3, -0.25) is 0 Å². The largest absolute Gasteiger partial charge is 0.456 e. The maximum atomic E-state index is 6.41. The van der Waals surface area contributed by atoms with Gasteiger partial charge in [0.15, 0.2) is 0 Å². The summed E-state index contributed by atoms with van der Waals surface area (Å²) >= 11 is 0. The standard InChI is InChI=1S/C57H40N2O/c1-57(2)51-33-40(38-15-7-4-8-16-38)23-31-45(51)46-32-30-44(34-52(46)57)58(41-24-21-39(22-25-41)37-13-5-3-6-14-37)42-26-28-43(29-27-42)59-53-19-11-9-17-47(53)49-35-50-48-18-10-12-20-55(48)60-56(50)36-54(49)59/h3-36H,1-2H3. The van der Waals surface area contributed by atoms with Gasteiger partial charge in [-0.25, -0.2) is 0 Å². The molecule has 1 aliphatic rings. The second-order valence-corrected chi connectivity index (χ2v) is 16.6. The average Bonchev–Trinajstić information content (AvgIpc) is 3.91. The fraction of sp³-hybridized carbons (Fsp3) is 0.0526. The molecule has 0 amide bonds. The minimum absolute atomic E-state index is 0.181. The highest BCUT2D eigenvalue weighted by Crippen LogP contribution is 2.52. The monoisotopic (exact) mass is 768 g/mol. The molecule has 2 aromatic heterocycles. The van der Waals surface area contributed by atoms with Crippen LogP contribution < -0.4 is 4.90 Å². The summed E-state index contributed by atoms with van der Waals surface area (Å²) in [5.41, 5.74) is 18.5. The van der Waals surface area contributed by atoms with Gasteiger partial charge in [0, 0.05) is 55.8 Å². The van der Waals surface area contributed by atoms with Crippen molar-refractivity contribution < 1.29 is 4.42 Å². The van der Waals surface area contributed by atoms with Gasteiger partial charge in [-0.15, -0.1) is 0 Å². The second kappa shape index (κ2) is 13.2. The summed E-state index contributed by atoms with van der Waals surface area (Å²) in [6.07, 6.45) is 0. The molecule has 3 heteroatoms. The van der Waals surface area contributed by atoms with Crippen molar-refractivity contribution in [2.24, 2.45) is 0 Å². The van der Waals surface area contributed by atoms with E-state index in [9.17, 15) is 0 Å². The molecule has 0 saturated carbocycles. The number of hydrogen-bond acceptors (Lipinski definition) is 2. The van der Waals surface area contributed by atoms with E-state index >= 15 is 0 Å². The Hall–Kier alpha value is -7.62. The summed E-state index contributed by atoms with van der Waals surface area (Å²) in [6, 6.07) is 74.9. The van der Waals surface area contributed by atoms with E-state index in [2.05, 4.69) is 224 Å². The number of benzene rings is 9. The van der Waals surface area contributed by atoms with Gasteiger partial charge in [0.2, 0.25) is 0 Å². The number of anilines is 3. The number of para-hydroxylation sites is 2. The molecule has 11 aromatic rings. The van der Waals surface area contributed by atoms with Crippen molar-refractivity contribution >= 4 is 60.8 Å². The first-order chi connectivity index (χ1) is 29.5. The summed E-state index contributed by atoms with van der Waals surface area (Å²) in [5.74, 6) is 0. The van der Waals surface area contributed by atoms with Crippen LogP contribution in [0.1, 0.15) is 25.0 Å². The highest BCUT2D eigenvalue weighted by Gasteiger charge is 2.36. The lowest BCUT2D eigenvalue weighted by Crippen LogP contribution is -2.16. The molecule has 9 aromatic carbocycles. The van der Waals surface area contributed by atoms with Crippen LogP contribution in [0.4, 0.5) is 17.1 Å². The first-order valence-electron chi connectivity index (χ1n) is 20.7. The normalized spacial score (nSPS) is 13.0. The Morgan fingerprint density at radius 3 is 1.67 bits per heavy atom. The minimum Gasteiger partial charge on any atom is -0.456 e. The molecule has 284 valence electrons. The number of aromatic nitrogens is 1. The van der Waals surface area contributed by atoms with Crippen molar-refractivity contribution in [3.05, 3.63) is 217 Å². The lowest BCUT2D eigenvalue weighted by Gasteiger charge is -2.28. The number of furan rings is 1. The second-order valence-electron chi connectivity index (χ2n) is 16.6. The predicted octanol–water partition coefficient (Wildman–Crippen LogP) is 15.8. The Morgan fingerprint density at radius 1 is 0.383 bits per heavy atom. The Bertz CT molecular complexity index is 3430. The van der Waals surface area contributed by atoms with Gasteiger partial charge in [-0.1, -0.05) is 141 Å². The van der Waals surface area contributed by atoms with E-state index < -0.39 is 0 Å². The van der Waals surface area contributed by atoms with E-state index in [1.165, 1.54) is 60.8 Å². The van der Waals surface area contributed by atoms with E-state index in [0.29, 0.717) is 0 Å². The molecule has 0 bridgehead atoms. The molecular weight excluding hydrogens is 729 g/mol. The molecule has 3 nitrogen and oxygen atoms in total. The van der Waals surface area contributed by atoms with Crippen molar-refractivity contribution in [2.75, 3.05) is 4.90 Å². The minimum atomic E-state index is -0.181. The number of rotatable bonds is 6. The van der Waals surface area contributed by atoms with Crippen LogP contribution in [0, 0.1) is 0 Å². The van der Waals surface area contributed by atoms with E-state index in [-0.39, 0.29) is 5.41 Å². The zero-order valence-corrected chi connectivity index (χ0v) is 33.4. The fourth-order valence-corrected chi connectivity index (χ4v) is 9.77. The van der Waals surface area contributed by atoms with Crippen LogP contribution in [-0.2, 0) is 5.41 Å². The molecule has 0 unspecified atom stereocenters. The van der Waals surface area contributed by atoms with Gasteiger partial charge in [-0.2, -0.15) is 0 Å². The fourth-order valence-electron chi connectivity index (χ4n) is 9.77. The summed E-state index contributed by atoms with van der Waals surface area (Å²) < 4.78 is 8.78. The van der Waals surface area contributed by atoms with Gasteiger partial charge in [0.25, 0.3) is 0 Å². The van der Waals surface area contributed by atoms with Gasteiger partial charge >= 0.3 is 0 Å². The summed E-state index contributed by atoms with van der Waals surface area (Å²) in [4.78, 5) is 2.40. The molecule has 0 N–H and O–H groups in total. The molecule has 0 aliphatic heterocycles. The zero-order chi connectivity index (χ0) is 40.0. The maximum absolute atomic E-state index is 6.41. The Labute approximate surface area is 349 Å². The third kappa shape index (κ3) is 5.29.